The Kier molecular flexibility index (Phi) is 4.24. The molecule has 1 amide bonds. The Hall–Kier alpha value is -2.48. The molecule has 0 radical (unpaired) electrons. The van der Waals surface area contributed by atoms with Crippen molar-refractivity contribution >= 4 is 22.2 Å². The van der Waals surface area contributed by atoms with Gasteiger partial charge in [0.15, 0.2) is 4.96 Å². The molecule has 0 atom stereocenters. The second-order valence-corrected chi connectivity index (χ2v) is 6.20. The summed E-state index contributed by atoms with van der Waals surface area (Å²) < 4.78 is 3.44. The molecule has 120 valence electrons. The zero-order valence-electron chi connectivity index (χ0n) is 12.9. The standard InChI is InChI=1S/C15H17N5O2S/c1-10-7-11(2)20(14(22)17-10)4-3-13(21)16-8-12-9-19-5-6-23-15(19)18-12/h5-7,9H,3-4,8H2,1-2H3,(H,16,21). The number of hydrogen-bond donors (Lipinski definition) is 1. The molecule has 0 bridgehead atoms. The number of hydrogen-bond acceptors (Lipinski definition) is 5. The van der Waals surface area contributed by atoms with Crippen LogP contribution in [0.3, 0.4) is 0 Å². The summed E-state index contributed by atoms with van der Waals surface area (Å²) in [5.41, 5.74) is 2.00. The van der Waals surface area contributed by atoms with Gasteiger partial charge in [-0.15, -0.1) is 11.3 Å². The van der Waals surface area contributed by atoms with Gasteiger partial charge < -0.3 is 5.32 Å². The Balaban J connectivity index is 1.55. The Labute approximate surface area is 136 Å². The number of carbonyl (C=O) groups is 1. The van der Waals surface area contributed by atoms with E-state index in [9.17, 15) is 9.59 Å². The van der Waals surface area contributed by atoms with Crippen LogP contribution in [0, 0.1) is 13.8 Å². The van der Waals surface area contributed by atoms with Crippen LogP contribution in [0.15, 0.2) is 28.6 Å². The van der Waals surface area contributed by atoms with E-state index < -0.39 is 0 Å². The van der Waals surface area contributed by atoms with E-state index in [0.29, 0.717) is 18.8 Å². The molecule has 0 unspecified atom stereocenters. The van der Waals surface area contributed by atoms with E-state index in [1.807, 2.05) is 35.2 Å². The average molecular weight is 331 g/mol. The smallest absolute Gasteiger partial charge is 0.347 e. The number of nitrogens with one attached hydrogen (secondary N) is 1. The number of nitrogens with zero attached hydrogens (tertiary/aromatic N) is 4. The molecule has 0 aliphatic heterocycles. The molecule has 0 fully saturated rings. The molecule has 0 aromatic carbocycles. The van der Waals surface area contributed by atoms with Crippen molar-refractivity contribution in [3.63, 3.8) is 0 Å². The maximum Gasteiger partial charge on any atom is 0.347 e. The molecule has 23 heavy (non-hydrogen) atoms. The molecule has 0 spiro atoms. The Morgan fingerprint density at radius 2 is 2.17 bits per heavy atom. The molecular formula is C15H17N5O2S. The third-order valence-electron chi connectivity index (χ3n) is 3.52. The van der Waals surface area contributed by atoms with Crippen LogP contribution in [0.2, 0.25) is 0 Å². The summed E-state index contributed by atoms with van der Waals surface area (Å²) in [5, 5.41) is 4.78. The van der Waals surface area contributed by atoms with Gasteiger partial charge >= 0.3 is 5.69 Å². The van der Waals surface area contributed by atoms with Crippen LogP contribution in [0.1, 0.15) is 23.5 Å². The summed E-state index contributed by atoms with van der Waals surface area (Å²) in [6.07, 6.45) is 4.05. The molecule has 3 heterocycles. The first-order valence-electron chi connectivity index (χ1n) is 7.26. The molecule has 1 N–H and O–H groups in total. The molecular weight excluding hydrogens is 314 g/mol. The van der Waals surface area contributed by atoms with E-state index >= 15 is 0 Å². The number of aryl methyl sites for hydroxylation is 2. The van der Waals surface area contributed by atoms with Gasteiger partial charge in [0, 0.05) is 42.1 Å². The number of carbonyl (C=O) groups excluding carboxylic acids is 1. The van der Waals surface area contributed by atoms with Crippen molar-refractivity contribution in [2.45, 2.75) is 33.4 Å². The van der Waals surface area contributed by atoms with Gasteiger partial charge in [-0.25, -0.2) is 9.78 Å². The number of thiazole rings is 1. The first-order valence-corrected chi connectivity index (χ1v) is 8.14. The fourth-order valence-electron chi connectivity index (χ4n) is 2.40. The SMILES string of the molecule is Cc1cc(C)n(CCC(=O)NCc2cn3ccsc3n2)c(=O)n1. The molecule has 8 heteroatoms. The summed E-state index contributed by atoms with van der Waals surface area (Å²) >= 11 is 1.55. The van der Waals surface area contributed by atoms with E-state index in [4.69, 9.17) is 0 Å². The van der Waals surface area contributed by atoms with Gasteiger partial charge in [-0.05, 0) is 19.9 Å². The predicted molar refractivity (Wildman–Crippen MR) is 87.5 cm³/mol. The Morgan fingerprint density at radius 3 is 2.91 bits per heavy atom. The highest BCUT2D eigenvalue weighted by Crippen LogP contribution is 2.11. The van der Waals surface area contributed by atoms with Crippen molar-refractivity contribution in [1.82, 2.24) is 24.3 Å². The molecule has 7 nitrogen and oxygen atoms in total. The third kappa shape index (κ3) is 3.48. The van der Waals surface area contributed by atoms with E-state index in [0.717, 1.165) is 16.3 Å². The lowest BCUT2D eigenvalue weighted by Crippen LogP contribution is -2.29. The van der Waals surface area contributed by atoms with Crippen LogP contribution in [0.4, 0.5) is 0 Å². The van der Waals surface area contributed by atoms with Gasteiger partial charge in [0.2, 0.25) is 5.91 Å². The van der Waals surface area contributed by atoms with E-state index in [-0.39, 0.29) is 18.0 Å². The second-order valence-electron chi connectivity index (χ2n) is 5.32. The topological polar surface area (TPSA) is 81.3 Å². The summed E-state index contributed by atoms with van der Waals surface area (Å²) in [6.45, 7) is 4.32. The quantitative estimate of drug-likeness (QED) is 0.763. The highest BCUT2D eigenvalue weighted by molar-refractivity contribution is 7.15. The molecule has 0 saturated carbocycles. The first-order chi connectivity index (χ1) is 11.0. The normalized spacial score (nSPS) is 11.0. The minimum absolute atomic E-state index is 0.117. The van der Waals surface area contributed by atoms with Gasteiger partial charge in [0.25, 0.3) is 0 Å². The molecule has 0 aliphatic carbocycles. The van der Waals surface area contributed by atoms with Crippen LogP contribution in [-0.2, 0) is 17.9 Å². The van der Waals surface area contributed by atoms with Crippen molar-refractivity contribution in [1.29, 1.82) is 0 Å². The lowest BCUT2D eigenvalue weighted by atomic mass is 10.3. The zero-order chi connectivity index (χ0) is 16.4. The van der Waals surface area contributed by atoms with Crippen LogP contribution < -0.4 is 11.0 Å². The number of fused-ring (bicyclic) bond motifs is 1. The Bertz CT molecular complexity index is 880. The van der Waals surface area contributed by atoms with E-state index in [1.54, 1.807) is 18.3 Å². The highest BCUT2D eigenvalue weighted by Gasteiger charge is 2.08. The lowest BCUT2D eigenvalue weighted by molar-refractivity contribution is -0.121. The minimum atomic E-state index is -0.315. The average Bonchev–Trinajstić information content (AvgIpc) is 3.04. The fraction of sp³-hybridized carbons (Fsp3) is 0.333. The van der Waals surface area contributed by atoms with Gasteiger partial charge in [0.05, 0.1) is 12.2 Å². The third-order valence-corrected chi connectivity index (χ3v) is 4.29. The fourth-order valence-corrected chi connectivity index (χ4v) is 3.12. The number of rotatable bonds is 5. The summed E-state index contributed by atoms with van der Waals surface area (Å²) in [6, 6.07) is 1.83. The van der Waals surface area contributed by atoms with Crippen LogP contribution >= 0.6 is 11.3 Å². The molecule has 0 aliphatic rings. The largest absolute Gasteiger partial charge is 0.350 e. The molecule has 3 rings (SSSR count). The minimum Gasteiger partial charge on any atom is -0.350 e. The predicted octanol–water partition coefficient (Wildman–Crippen LogP) is 1.28. The maximum atomic E-state index is 12.0. The molecule has 3 aromatic rings. The monoisotopic (exact) mass is 331 g/mol. The van der Waals surface area contributed by atoms with Crippen molar-refractivity contribution in [2.75, 3.05) is 0 Å². The number of amides is 1. The number of imidazole rings is 1. The highest BCUT2D eigenvalue weighted by atomic mass is 32.1. The van der Waals surface area contributed by atoms with Crippen LogP contribution in [-0.4, -0.2) is 24.8 Å². The van der Waals surface area contributed by atoms with Crippen molar-refractivity contribution < 1.29 is 4.79 Å². The summed E-state index contributed by atoms with van der Waals surface area (Å²) in [7, 11) is 0. The zero-order valence-corrected chi connectivity index (χ0v) is 13.8. The summed E-state index contributed by atoms with van der Waals surface area (Å²) in [5.74, 6) is -0.117. The van der Waals surface area contributed by atoms with Gasteiger partial charge in [0.1, 0.15) is 0 Å². The molecule has 3 aromatic heterocycles. The number of aromatic nitrogens is 4. The molecule has 0 saturated heterocycles. The van der Waals surface area contributed by atoms with Crippen LogP contribution in [0.5, 0.6) is 0 Å². The maximum absolute atomic E-state index is 12.0. The van der Waals surface area contributed by atoms with Gasteiger partial charge in [-0.2, -0.15) is 4.98 Å². The summed E-state index contributed by atoms with van der Waals surface area (Å²) in [4.78, 5) is 33.0. The van der Waals surface area contributed by atoms with E-state index in [2.05, 4.69) is 15.3 Å². The second kappa shape index (κ2) is 6.33. The first kappa shape index (κ1) is 15.4. The van der Waals surface area contributed by atoms with Crippen molar-refractivity contribution in [3.05, 3.63) is 51.4 Å². The van der Waals surface area contributed by atoms with Crippen molar-refractivity contribution in [2.24, 2.45) is 0 Å². The van der Waals surface area contributed by atoms with Gasteiger partial charge in [-0.1, -0.05) is 0 Å². The van der Waals surface area contributed by atoms with Crippen LogP contribution in [0.25, 0.3) is 4.96 Å². The van der Waals surface area contributed by atoms with Crippen molar-refractivity contribution in [3.8, 4) is 0 Å². The van der Waals surface area contributed by atoms with Gasteiger partial charge in [-0.3, -0.25) is 13.8 Å². The van der Waals surface area contributed by atoms with E-state index in [1.165, 1.54) is 4.57 Å². The Morgan fingerprint density at radius 1 is 1.35 bits per heavy atom. The lowest BCUT2D eigenvalue weighted by Gasteiger charge is -2.09.